The molecule has 4 aliphatic heterocycles. The van der Waals surface area contributed by atoms with Crippen molar-refractivity contribution in [3.8, 4) is 0 Å². The maximum Gasteiger partial charge on any atom is 0.209 e. The van der Waals surface area contributed by atoms with Crippen LogP contribution in [0.25, 0.3) is 0 Å². The van der Waals surface area contributed by atoms with Crippen molar-refractivity contribution in [2.45, 2.75) is 0 Å². The van der Waals surface area contributed by atoms with Crippen LogP contribution in [0.1, 0.15) is 0 Å². The molecule has 0 fully saturated rings. The molecule has 0 N–H and O–H groups in total. The van der Waals surface area contributed by atoms with Crippen molar-refractivity contribution in [1.29, 1.82) is 0 Å². The minimum absolute atomic E-state index is 0.238. The Kier molecular flexibility index (Phi) is 13.1. The van der Waals surface area contributed by atoms with Crippen LogP contribution >= 0.6 is 158 Å². The summed E-state index contributed by atoms with van der Waals surface area (Å²) < 4.78 is 6.68. The highest BCUT2D eigenvalue weighted by Crippen LogP contribution is 2.51. The summed E-state index contributed by atoms with van der Waals surface area (Å²) in [5.74, 6) is -0.512. The van der Waals surface area contributed by atoms with E-state index < -0.39 is 0 Å². The molecule has 168 valence electrons. The van der Waals surface area contributed by atoms with E-state index in [1.807, 2.05) is 94.1 Å². The number of hydrogen-bond donors (Lipinski definition) is 0. The van der Waals surface area contributed by atoms with Gasteiger partial charge in [0.05, 0.1) is 34.9 Å². The second kappa shape index (κ2) is 14.7. The number of Topliss-reactive ketones (excluding diaryl/α,β-unsaturated/α-hetero) is 2. The van der Waals surface area contributed by atoms with Crippen molar-refractivity contribution in [1.82, 2.24) is 0 Å². The lowest BCUT2D eigenvalue weighted by molar-refractivity contribution is -0.114. The number of carbonyl (C=O) groups excluding carboxylic acids is 2. The number of carbonyl (C=O) groups is 2. The van der Waals surface area contributed by atoms with E-state index in [4.69, 9.17) is 0 Å². The van der Waals surface area contributed by atoms with E-state index in [9.17, 15) is 9.59 Å². The molecule has 0 atom stereocenters. The Hall–Kier alpha value is 1.98. The van der Waals surface area contributed by atoms with Gasteiger partial charge in [0.2, 0.25) is 11.6 Å². The molecule has 0 saturated carbocycles. The van der Waals surface area contributed by atoms with Gasteiger partial charge in [0.25, 0.3) is 0 Å². The molecule has 14 heteroatoms. The second-order valence-electron chi connectivity index (χ2n) is 5.10. The molecular formula is C18H8Br4O2S8. The number of rotatable bonds is 0. The molecule has 0 unspecified atom stereocenters. The fourth-order valence-electron chi connectivity index (χ4n) is 1.80. The SMILES string of the molecule is C1=CSC(=C2SC=CS2)S1.C1=CSC(=C2SC=CS2)S1.O=C1C(Br)=C(Br)C(=O)C(Br)=C1Br. The Morgan fingerprint density at radius 1 is 0.375 bits per heavy atom. The van der Waals surface area contributed by atoms with E-state index in [1.54, 1.807) is 0 Å². The molecule has 5 aliphatic rings. The highest BCUT2D eigenvalue weighted by Gasteiger charge is 2.29. The van der Waals surface area contributed by atoms with Crippen molar-refractivity contribution in [2.75, 3.05) is 0 Å². The fourth-order valence-corrected chi connectivity index (χ4v) is 11.9. The van der Waals surface area contributed by atoms with Gasteiger partial charge in [0, 0.05) is 0 Å². The Morgan fingerprint density at radius 2 is 0.531 bits per heavy atom. The van der Waals surface area contributed by atoms with Crippen LogP contribution in [0.15, 0.2) is 78.1 Å². The van der Waals surface area contributed by atoms with Crippen LogP contribution in [0.4, 0.5) is 0 Å². The molecule has 0 bridgehead atoms. The summed E-state index contributed by atoms with van der Waals surface area (Å²) in [6.07, 6.45) is 0. The summed E-state index contributed by atoms with van der Waals surface area (Å²) in [6.45, 7) is 0. The molecule has 0 aromatic rings. The van der Waals surface area contributed by atoms with Gasteiger partial charge in [0.15, 0.2) is 0 Å². The number of allylic oxidation sites excluding steroid dienone is 4. The molecule has 0 saturated heterocycles. The Morgan fingerprint density at radius 3 is 0.688 bits per heavy atom. The average Bonchev–Trinajstić information content (AvgIpc) is 3.61. The monoisotopic (exact) mass is 828 g/mol. The third kappa shape index (κ3) is 7.99. The Bertz CT molecular complexity index is 869. The fraction of sp³-hybridized carbons (Fsp3) is 0. The Balaban J connectivity index is 0.000000136. The zero-order valence-electron chi connectivity index (χ0n) is 15.2. The molecule has 2 nitrogen and oxygen atoms in total. The lowest BCUT2D eigenvalue weighted by atomic mass is 10.2. The van der Waals surface area contributed by atoms with Gasteiger partial charge >= 0.3 is 0 Å². The third-order valence-corrected chi connectivity index (χ3v) is 16.8. The summed E-state index contributed by atoms with van der Waals surface area (Å²) in [4.78, 5) is 22.5. The van der Waals surface area contributed by atoms with Gasteiger partial charge in [-0.2, -0.15) is 0 Å². The van der Waals surface area contributed by atoms with Crippen LogP contribution in [-0.4, -0.2) is 11.6 Å². The highest BCUT2D eigenvalue weighted by atomic mass is 79.9. The van der Waals surface area contributed by atoms with Crippen LogP contribution in [-0.2, 0) is 9.59 Å². The third-order valence-electron chi connectivity index (χ3n) is 3.14. The number of thioether (sulfide) groups is 8. The number of hydrogen-bond acceptors (Lipinski definition) is 10. The average molecular weight is 832 g/mol. The smallest absolute Gasteiger partial charge is 0.209 e. The molecule has 1 aliphatic carbocycles. The van der Waals surface area contributed by atoms with E-state index in [0.29, 0.717) is 0 Å². The zero-order chi connectivity index (χ0) is 23.1. The van der Waals surface area contributed by atoms with Gasteiger partial charge in [0.1, 0.15) is 0 Å². The normalized spacial score (nSPS) is 21.8. The maximum absolute atomic E-state index is 11.3. The van der Waals surface area contributed by atoms with Gasteiger partial charge in [-0.25, -0.2) is 0 Å². The first-order valence-corrected chi connectivity index (χ1v) is 18.2. The number of ketones is 2. The minimum Gasteiger partial charge on any atom is -0.287 e. The van der Waals surface area contributed by atoms with Crippen molar-refractivity contribution < 1.29 is 9.59 Å². The predicted molar refractivity (Wildman–Crippen MR) is 171 cm³/mol. The van der Waals surface area contributed by atoms with E-state index in [0.717, 1.165) is 0 Å². The molecule has 0 aromatic carbocycles. The predicted octanol–water partition coefficient (Wildman–Crippen LogP) is 11.2. The first kappa shape index (κ1) is 28.5. The van der Waals surface area contributed by atoms with Gasteiger partial charge in [-0.3, -0.25) is 9.59 Å². The Labute approximate surface area is 253 Å². The van der Waals surface area contributed by atoms with Crippen LogP contribution in [0.3, 0.4) is 0 Å². The lowest BCUT2D eigenvalue weighted by Gasteiger charge is -2.09. The summed E-state index contributed by atoms with van der Waals surface area (Å²) in [7, 11) is 0. The quantitative estimate of drug-likeness (QED) is 0.220. The van der Waals surface area contributed by atoms with Gasteiger partial charge < -0.3 is 0 Å². The van der Waals surface area contributed by atoms with Crippen molar-refractivity contribution in [2.24, 2.45) is 0 Å². The van der Waals surface area contributed by atoms with Gasteiger partial charge in [-0.05, 0) is 107 Å². The van der Waals surface area contributed by atoms with Crippen LogP contribution in [0.2, 0.25) is 0 Å². The second-order valence-corrected chi connectivity index (χ2v) is 16.6. The summed E-state index contributed by atoms with van der Waals surface area (Å²) >= 11 is 26.6. The van der Waals surface area contributed by atoms with Crippen LogP contribution < -0.4 is 0 Å². The maximum atomic E-state index is 11.3. The molecule has 0 amide bonds. The summed E-state index contributed by atoms with van der Waals surface area (Å²) in [6, 6.07) is 0. The lowest BCUT2D eigenvalue weighted by Crippen LogP contribution is -2.13. The van der Waals surface area contributed by atoms with E-state index in [-0.39, 0.29) is 29.5 Å². The topological polar surface area (TPSA) is 34.1 Å². The molecular weight excluding hydrogens is 824 g/mol. The van der Waals surface area contributed by atoms with Crippen LogP contribution in [0, 0.1) is 0 Å². The van der Waals surface area contributed by atoms with E-state index in [1.165, 1.54) is 16.9 Å². The first-order valence-electron chi connectivity index (χ1n) is 8.02. The van der Waals surface area contributed by atoms with E-state index >= 15 is 0 Å². The van der Waals surface area contributed by atoms with Crippen LogP contribution in [0.5, 0.6) is 0 Å². The van der Waals surface area contributed by atoms with Gasteiger partial charge in [-0.15, -0.1) is 0 Å². The molecule has 5 rings (SSSR count). The molecule has 4 heterocycles. The highest BCUT2D eigenvalue weighted by molar-refractivity contribution is 9.16. The largest absolute Gasteiger partial charge is 0.287 e. The minimum atomic E-state index is -0.256. The zero-order valence-corrected chi connectivity index (χ0v) is 28.1. The summed E-state index contributed by atoms with van der Waals surface area (Å²) in [5.41, 5.74) is 0. The van der Waals surface area contributed by atoms with E-state index in [2.05, 4.69) is 107 Å². The number of halogens is 4. The van der Waals surface area contributed by atoms with Crippen molar-refractivity contribution in [3.63, 3.8) is 0 Å². The summed E-state index contributed by atoms with van der Waals surface area (Å²) in [5, 5.41) is 17.1. The molecule has 32 heavy (non-hydrogen) atoms. The van der Waals surface area contributed by atoms with Crippen molar-refractivity contribution >= 4 is 169 Å². The first-order chi connectivity index (χ1) is 15.4. The standard InChI is InChI=1S/C6Br4O2.2C6H4S4/c7-1-2(8)6(12)4(10)3(9)5(1)11;2*1-2-8-5(7-1)6-9-3-4-10-6/h;2*1-4H. The molecule has 0 radical (unpaired) electrons. The van der Waals surface area contributed by atoms with Gasteiger partial charge in [-0.1, -0.05) is 94.1 Å². The van der Waals surface area contributed by atoms with Crippen molar-refractivity contribution in [3.05, 3.63) is 78.1 Å². The molecule has 0 aromatic heterocycles. The molecule has 0 spiro atoms.